The number of amides is 1. The van der Waals surface area contributed by atoms with E-state index in [1.165, 1.54) is 18.2 Å². The van der Waals surface area contributed by atoms with Gasteiger partial charge < -0.3 is 5.32 Å². The first-order chi connectivity index (χ1) is 8.34. The first kappa shape index (κ1) is 14.3. The quantitative estimate of drug-likeness (QED) is 0.833. The molecule has 0 aliphatic rings. The van der Waals surface area contributed by atoms with Crippen molar-refractivity contribution >= 4 is 15.7 Å². The number of benzene rings is 1. The molecule has 5 heteroatoms. The minimum atomic E-state index is -3.31. The maximum absolute atomic E-state index is 11.8. The molecule has 0 aliphatic carbocycles. The number of carbonyl (C=O) groups excluding carboxylic acids is 1. The number of hydrogen-bond donors (Lipinski definition) is 1. The van der Waals surface area contributed by atoms with Crippen LogP contribution in [0.2, 0.25) is 0 Å². The van der Waals surface area contributed by atoms with Gasteiger partial charge in [0.15, 0.2) is 9.84 Å². The molecule has 0 saturated heterocycles. The molecule has 1 atom stereocenters. The third kappa shape index (κ3) is 3.90. The second-order valence-corrected chi connectivity index (χ2v) is 6.10. The third-order valence-electron chi connectivity index (χ3n) is 2.33. The number of hydrogen-bond acceptors (Lipinski definition) is 3. The first-order valence-corrected chi connectivity index (χ1v) is 7.28. The Balaban J connectivity index is 2.92. The highest BCUT2D eigenvalue weighted by Crippen LogP contribution is 2.11. The van der Waals surface area contributed by atoms with Crippen molar-refractivity contribution in [1.29, 1.82) is 0 Å². The van der Waals surface area contributed by atoms with Gasteiger partial charge in [-0.2, -0.15) is 0 Å². The Hall–Kier alpha value is -1.80. The zero-order valence-electron chi connectivity index (χ0n) is 10.3. The van der Waals surface area contributed by atoms with Crippen molar-refractivity contribution in [2.45, 2.75) is 24.3 Å². The summed E-state index contributed by atoms with van der Waals surface area (Å²) in [6, 6.07) is 5.76. The molecule has 18 heavy (non-hydrogen) atoms. The largest absolute Gasteiger partial charge is 0.349 e. The van der Waals surface area contributed by atoms with Gasteiger partial charge >= 0.3 is 0 Å². The molecule has 1 rings (SSSR count). The van der Waals surface area contributed by atoms with E-state index < -0.39 is 9.84 Å². The summed E-state index contributed by atoms with van der Waals surface area (Å²) in [5, 5.41) is 2.70. The molecular formula is C13H15NO3S. The van der Waals surface area contributed by atoms with Crippen molar-refractivity contribution in [3.05, 3.63) is 29.8 Å². The van der Waals surface area contributed by atoms with E-state index in [0.717, 1.165) is 6.26 Å². The molecule has 1 aromatic carbocycles. The lowest BCUT2D eigenvalue weighted by Gasteiger charge is -2.11. The molecule has 1 amide bonds. The van der Waals surface area contributed by atoms with Gasteiger partial charge in [-0.05, 0) is 25.1 Å². The lowest BCUT2D eigenvalue weighted by Crippen LogP contribution is -2.32. The second-order valence-electron chi connectivity index (χ2n) is 4.08. The highest BCUT2D eigenvalue weighted by Gasteiger charge is 2.12. The van der Waals surface area contributed by atoms with Gasteiger partial charge in [0.05, 0.1) is 4.90 Å². The normalized spacial score (nSPS) is 12.5. The summed E-state index contributed by atoms with van der Waals surface area (Å²) in [6.45, 7) is 1.79. The van der Waals surface area contributed by atoms with Gasteiger partial charge in [-0.1, -0.05) is 6.07 Å². The molecule has 4 nitrogen and oxygen atoms in total. The lowest BCUT2D eigenvalue weighted by molar-refractivity contribution is 0.0940. The van der Waals surface area contributed by atoms with Crippen LogP contribution in [0.4, 0.5) is 0 Å². The average molecular weight is 265 g/mol. The van der Waals surface area contributed by atoms with Gasteiger partial charge in [-0.3, -0.25) is 4.79 Å². The number of carbonyl (C=O) groups is 1. The highest BCUT2D eigenvalue weighted by atomic mass is 32.2. The van der Waals surface area contributed by atoms with Crippen LogP contribution in [0.3, 0.4) is 0 Å². The van der Waals surface area contributed by atoms with Gasteiger partial charge in [0, 0.05) is 24.3 Å². The van der Waals surface area contributed by atoms with Crippen molar-refractivity contribution in [2.24, 2.45) is 0 Å². The van der Waals surface area contributed by atoms with Crippen LogP contribution in [0.5, 0.6) is 0 Å². The fourth-order valence-electron chi connectivity index (χ4n) is 1.40. The minimum Gasteiger partial charge on any atom is -0.349 e. The fourth-order valence-corrected chi connectivity index (χ4v) is 2.07. The topological polar surface area (TPSA) is 63.2 Å². The van der Waals surface area contributed by atoms with Gasteiger partial charge in [0.1, 0.15) is 0 Å². The molecule has 1 aromatic rings. The molecule has 0 aliphatic heterocycles. The van der Waals surface area contributed by atoms with E-state index in [-0.39, 0.29) is 16.8 Å². The number of sulfone groups is 1. The Labute approximate surface area is 107 Å². The van der Waals surface area contributed by atoms with Crippen molar-refractivity contribution in [3.63, 3.8) is 0 Å². The minimum absolute atomic E-state index is 0.125. The van der Waals surface area contributed by atoms with Crippen molar-refractivity contribution in [1.82, 2.24) is 5.32 Å². The Morgan fingerprint density at radius 2 is 2.17 bits per heavy atom. The summed E-state index contributed by atoms with van der Waals surface area (Å²) in [6.07, 6.45) is 6.67. The smallest absolute Gasteiger partial charge is 0.251 e. The average Bonchev–Trinajstić information content (AvgIpc) is 2.28. The molecule has 96 valence electrons. The molecule has 0 saturated carbocycles. The van der Waals surface area contributed by atoms with Crippen LogP contribution in [-0.4, -0.2) is 26.6 Å². The number of rotatable bonds is 4. The second kappa shape index (κ2) is 5.69. The summed E-state index contributed by atoms with van der Waals surface area (Å²) in [5.41, 5.74) is 0.307. The zero-order valence-corrected chi connectivity index (χ0v) is 11.1. The van der Waals surface area contributed by atoms with Crippen molar-refractivity contribution in [3.8, 4) is 12.3 Å². The van der Waals surface area contributed by atoms with Gasteiger partial charge in [-0.25, -0.2) is 8.42 Å². The molecule has 0 spiro atoms. The third-order valence-corrected chi connectivity index (χ3v) is 3.44. The molecule has 1 N–H and O–H groups in total. The van der Waals surface area contributed by atoms with E-state index in [1.54, 1.807) is 13.0 Å². The summed E-state index contributed by atoms with van der Waals surface area (Å²) >= 11 is 0. The molecule has 0 heterocycles. The maximum Gasteiger partial charge on any atom is 0.251 e. The lowest BCUT2D eigenvalue weighted by atomic mass is 10.2. The van der Waals surface area contributed by atoms with Crippen LogP contribution >= 0.6 is 0 Å². The van der Waals surface area contributed by atoms with Crippen LogP contribution in [0.25, 0.3) is 0 Å². The zero-order chi connectivity index (χ0) is 13.8. The van der Waals surface area contributed by atoms with Gasteiger partial charge in [0.2, 0.25) is 0 Å². The van der Waals surface area contributed by atoms with Crippen LogP contribution in [-0.2, 0) is 9.84 Å². The SMILES string of the molecule is C#CCC(C)NC(=O)c1cccc(S(C)(=O)=O)c1. The van der Waals surface area contributed by atoms with Gasteiger partial charge in [-0.15, -0.1) is 12.3 Å². The Morgan fingerprint density at radius 1 is 1.50 bits per heavy atom. The van der Waals surface area contributed by atoms with Crippen LogP contribution in [0.1, 0.15) is 23.7 Å². The van der Waals surface area contributed by atoms with Crippen LogP contribution in [0, 0.1) is 12.3 Å². The fraction of sp³-hybridized carbons (Fsp3) is 0.308. The summed E-state index contributed by atoms with van der Waals surface area (Å²) in [4.78, 5) is 12.0. The predicted molar refractivity (Wildman–Crippen MR) is 69.9 cm³/mol. The van der Waals surface area contributed by atoms with E-state index >= 15 is 0 Å². The molecule has 0 fully saturated rings. The Kier molecular flexibility index (Phi) is 4.51. The molecular weight excluding hydrogens is 250 g/mol. The first-order valence-electron chi connectivity index (χ1n) is 5.39. The molecule has 0 bridgehead atoms. The maximum atomic E-state index is 11.8. The molecule has 0 aromatic heterocycles. The summed E-state index contributed by atoms with van der Waals surface area (Å²) < 4.78 is 22.7. The Bertz CT molecular complexity index is 584. The van der Waals surface area contributed by atoms with Gasteiger partial charge in [0.25, 0.3) is 5.91 Å². The summed E-state index contributed by atoms with van der Waals surface area (Å²) in [5.74, 6) is 2.12. The standard InChI is InChI=1S/C13H15NO3S/c1-4-6-10(2)14-13(15)11-7-5-8-12(9-11)18(3,16)17/h1,5,7-10H,6H2,2-3H3,(H,14,15). The molecule has 0 radical (unpaired) electrons. The van der Waals surface area contributed by atoms with Crippen LogP contribution < -0.4 is 5.32 Å². The van der Waals surface area contributed by atoms with E-state index in [1.807, 2.05) is 0 Å². The highest BCUT2D eigenvalue weighted by molar-refractivity contribution is 7.90. The van der Waals surface area contributed by atoms with Crippen molar-refractivity contribution in [2.75, 3.05) is 6.26 Å². The van der Waals surface area contributed by atoms with E-state index in [4.69, 9.17) is 6.42 Å². The Morgan fingerprint density at radius 3 is 2.72 bits per heavy atom. The predicted octanol–water partition coefficient (Wildman–Crippen LogP) is 1.23. The van der Waals surface area contributed by atoms with Crippen LogP contribution in [0.15, 0.2) is 29.2 Å². The molecule has 1 unspecified atom stereocenters. The number of nitrogens with one attached hydrogen (secondary N) is 1. The monoisotopic (exact) mass is 265 g/mol. The van der Waals surface area contributed by atoms with Crippen molar-refractivity contribution < 1.29 is 13.2 Å². The number of terminal acetylenes is 1. The van der Waals surface area contributed by atoms with E-state index in [2.05, 4.69) is 11.2 Å². The van der Waals surface area contributed by atoms with E-state index in [0.29, 0.717) is 12.0 Å². The van der Waals surface area contributed by atoms with E-state index in [9.17, 15) is 13.2 Å². The summed E-state index contributed by atoms with van der Waals surface area (Å²) in [7, 11) is -3.31.